The fourth-order valence-electron chi connectivity index (χ4n) is 4.50. The highest BCUT2D eigenvalue weighted by molar-refractivity contribution is 5.96. The van der Waals surface area contributed by atoms with E-state index in [0.29, 0.717) is 50.1 Å². The molecule has 1 fully saturated rings. The number of aryl methyl sites for hydroxylation is 1. The molecule has 0 unspecified atom stereocenters. The Kier molecular flexibility index (Phi) is 7.15. The molecule has 8 nitrogen and oxygen atoms in total. The van der Waals surface area contributed by atoms with Gasteiger partial charge >= 0.3 is 0 Å². The number of carbonyl (C=O) groups is 2. The number of hydrogen-bond acceptors (Lipinski definition) is 5. The fourth-order valence-corrected chi connectivity index (χ4v) is 4.50. The summed E-state index contributed by atoms with van der Waals surface area (Å²) in [6.45, 7) is 4.33. The predicted molar refractivity (Wildman–Crippen MR) is 129 cm³/mol. The maximum absolute atomic E-state index is 13.2. The first-order valence-electron chi connectivity index (χ1n) is 11.6. The van der Waals surface area contributed by atoms with Gasteiger partial charge < -0.3 is 9.80 Å². The van der Waals surface area contributed by atoms with E-state index in [-0.39, 0.29) is 23.4 Å². The molecule has 2 aliphatic heterocycles. The summed E-state index contributed by atoms with van der Waals surface area (Å²) in [5.74, 6) is -0.0645. The molecule has 1 saturated heterocycles. The summed E-state index contributed by atoms with van der Waals surface area (Å²) in [6, 6.07) is 10.1. The van der Waals surface area contributed by atoms with Gasteiger partial charge in [-0.2, -0.15) is 0 Å². The van der Waals surface area contributed by atoms with Crippen LogP contribution in [0, 0.1) is 17.0 Å². The van der Waals surface area contributed by atoms with Crippen LogP contribution in [0.25, 0.3) is 6.08 Å². The average Bonchev–Trinajstić information content (AvgIpc) is 2.87. The zero-order valence-electron chi connectivity index (χ0n) is 19.2. The number of para-hydroxylation sites is 1. The first-order chi connectivity index (χ1) is 16.4. The maximum atomic E-state index is 13.2. The van der Waals surface area contributed by atoms with Crippen LogP contribution in [0.2, 0.25) is 0 Å². The second kappa shape index (κ2) is 10.4. The van der Waals surface area contributed by atoms with E-state index in [1.165, 1.54) is 18.2 Å². The number of hydrogen-bond donors (Lipinski definition) is 0. The minimum atomic E-state index is -0.455. The van der Waals surface area contributed by atoms with E-state index in [1.807, 2.05) is 30.0 Å². The van der Waals surface area contributed by atoms with E-state index in [0.717, 1.165) is 17.8 Å². The Hall–Kier alpha value is -3.81. The molecular weight excluding hydrogens is 432 g/mol. The lowest BCUT2D eigenvalue weighted by Crippen LogP contribution is -2.38. The number of amides is 2. The van der Waals surface area contributed by atoms with Gasteiger partial charge in [-0.25, -0.2) is 0 Å². The summed E-state index contributed by atoms with van der Waals surface area (Å²) in [6.07, 6.45) is 9.29. The van der Waals surface area contributed by atoms with Gasteiger partial charge in [0.1, 0.15) is 0 Å². The largest absolute Gasteiger partial charge is 0.339 e. The van der Waals surface area contributed by atoms with Gasteiger partial charge in [0.15, 0.2) is 0 Å². The first kappa shape index (κ1) is 23.4. The van der Waals surface area contributed by atoms with Gasteiger partial charge in [0, 0.05) is 49.9 Å². The van der Waals surface area contributed by atoms with Crippen LogP contribution >= 0.6 is 0 Å². The molecule has 8 heteroatoms. The number of rotatable bonds is 5. The van der Waals surface area contributed by atoms with Crippen molar-refractivity contribution < 1.29 is 14.5 Å². The molecule has 1 aromatic heterocycles. The van der Waals surface area contributed by atoms with Gasteiger partial charge in [0.05, 0.1) is 21.7 Å². The molecule has 0 N–H and O–H groups in total. The number of likely N-dealkylation sites (tertiary alicyclic amines) is 1. The number of benzene rings is 1. The molecule has 2 amide bonds. The standard InChI is InChI=1S/C26H28N4O4/c1-19-9-11-22(26(32)29-15-5-2-6-16-29)25(27-19)21-13-17-28(18-14-21)24(31)12-10-20-7-3-4-8-23(20)30(33)34/h2-5,7-12,21H,6,13-18H2,1H3. The molecule has 2 aliphatic rings. The molecule has 0 saturated carbocycles. The minimum Gasteiger partial charge on any atom is -0.339 e. The van der Waals surface area contributed by atoms with Crippen molar-refractivity contribution in [2.24, 2.45) is 0 Å². The van der Waals surface area contributed by atoms with Gasteiger partial charge in [-0.1, -0.05) is 24.3 Å². The van der Waals surface area contributed by atoms with E-state index in [4.69, 9.17) is 4.98 Å². The highest BCUT2D eigenvalue weighted by atomic mass is 16.6. The Morgan fingerprint density at radius 1 is 1.06 bits per heavy atom. The summed E-state index contributed by atoms with van der Waals surface area (Å²) in [5.41, 5.74) is 2.72. The van der Waals surface area contributed by atoms with Gasteiger partial charge in [-0.05, 0) is 50.5 Å². The molecule has 0 atom stereocenters. The Balaban J connectivity index is 1.43. The van der Waals surface area contributed by atoms with Crippen LogP contribution in [0.4, 0.5) is 5.69 Å². The van der Waals surface area contributed by atoms with Crippen molar-refractivity contribution in [1.29, 1.82) is 0 Å². The second-order valence-corrected chi connectivity index (χ2v) is 8.65. The SMILES string of the molecule is Cc1ccc(C(=O)N2CC=CCC2)c(C2CCN(C(=O)C=Cc3ccccc3[N+](=O)[O-])CC2)n1. The van der Waals surface area contributed by atoms with Crippen LogP contribution in [0.1, 0.15) is 52.5 Å². The molecule has 176 valence electrons. The van der Waals surface area contributed by atoms with Gasteiger partial charge in [0.25, 0.3) is 11.6 Å². The average molecular weight is 461 g/mol. The van der Waals surface area contributed by atoms with Gasteiger partial charge in [0.2, 0.25) is 5.91 Å². The molecule has 0 spiro atoms. The van der Waals surface area contributed by atoms with Crippen molar-refractivity contribution in [3.05, 3.63) is 87.3 Å². The molecule has 4 rings (SSSR count). The second-order valence-electron chi connectivity index (χ2n) is 8.65. The summed E-state index contributed by atoms with van der Waals surface area (Å²) in [7, 11) is 0. The maximum Gasteiger partial charge on any atom is 0.276 e. The summed E-state index contributed by atoms with van der Waals surface area (Å²) >= 11 is 0. The number of aromatic nitrogens is 1. The Bertz CT molecular complexity index is 1150. The van der Waals surface area contributed by atoms with Gasteiger partial charge in [-0.3, -0.25) is 24.7 Å². The van der Waals surface area contributed by atoms with Crippen LogP contribution in [0.5, 0.6) is 0 Å². The molecule has 0 radical (unpaired) electrons. The van der Waals surface area contributed by atoms with E-state index in [2.05, 4.69) is 6.08 Å². The number of nitro groups is 1. The monoisotopic (exact) mass is 460 g/mol. The topological polar surface area (TPSA) is 96.7 Å². The number of pyridine rings is 1. The zero-order valence-corrected chi connectivity index (χ0v) is 19.2. The minimum absolute atomic E-state index is 0.0118. The third-order valence-electron chi connectivity index (χ3n) is 6.37. The molecule has 0 aliphatic carbocycles. The van der Waals surface area contributed by atoms with E-state index >= 15 is 0 Å². The van der Waals surface area contributed by atoms with Crippen molar-refractivity contribution in [3.8, 4) is 0 Å². The number of nitrogens with zero attached hydrogens (tertiary/aromatic N) is 4. The highest BCUT2D eigenvalue weighted by Gasteiger charge is 2.29. The van der Waals surface area contributed by atoms with E-state index < -0.39 is 4.92 Å². The molecule has 0 bridgehead atoms. The van der Waals surface area contributed by atoms with E-state index in [9.17, 15) is 19.7 Å². The molecule has 3 heterocycles. The fraction of sp³-hybridized carbons (Fsp3) is 0.346. The third-order valence-corrected chi connectivity index (χ3v) is 6.37. The van der Waals surface area contributed by atoms with Crippen LogP contribution in [-0.2, 0) is 4.79 Å². The van der Waals surface area contributed by atoms with Crippen molar-refractivity contribution in [1.82, 2.24) is 14.8 Å². The molecule has 2 aromatic rings. The molecular formula is C26H28N4O4. The van der Waals surface area contributed by atoms with Crippen molar-refractivity contribution in [2.75, 3.05) is 26.2 Å². The first-order valence-corrected chi connectivity index (χ1v) is 11.6. The third kappa shape index (κ3) is 5.22. The number of piperidine rings is 1. The Morgan fingerprint density at radius 3 is 2.53 bits per heavy atom. The van der Waals surface area contributed by atoms with Crippen LogP contribution < -0.4 is 0 Å². The summed E-state index contributed by atoms with van der Waals surface area (Å²) < 4.78 is 0. The lowest BCUT2D eigenvalue weighted by atomic mass is 9.89. The lowest BCUT2D eigenvalue weighted by molar-refractivity contribution is -0.385. The number of carbonyl (C=O) groups excluding carboxylic acids is 2. The van der Waals surface area contributed by atoms with Crippen molar-refractivity contribution >= 4 is 23.6 Å². The Labute approximate surface area is 198 Å². The van der Waals surface area contributed by atoms with Crippen molar-refractivity contribution in [3.63, 3.8) is 0 Å². The smallest absolute Gasteiger partial charge is 0.276 e. The van der Waals surface area contributed by atoms with E-state index in [1.54, 1.807) is 23.1 Å². The van der Waals surface area contributed by atoms with Crippen LogP contribution in [0.15, 0.2) is 54.6 Å². The normalized spacial score (nSPS) is 16.7. The lowest BCUT2D eigenvalue weighted by Gasteiger charge is -2.32. The molecule has 34 heavy (non-hydrogen) atoms. The molecule has 1 aromatic carbocycles. The Morgan fingerprint density at radius 2 is 1.82 bits per heavy atom. The quantitative estimate of drug-likeness (QED) is 0.289. The zero-order chi connectivity index (χ0) is 24.1. The highest BCUT2D eigenvalue weighted by Crippen LogP contribution is 2.30. The summed E-state index contributed by atoms with van der Waals surface area (Å²) in [4.78, 5) is 44.9. The predicted octanol–water partition coefficient (Wildman–Crippen LogP) is 4.12. The van der Waals surface area contributed by atoms with Crippen LogP contribution in [0.3, 0.4) is 0 Å². The van der Waals surface area contributed by atoms with Crippen molar-refractivity contribution in [2.45, 2.75) is 32.1 Å². The van der Waals surface area contributed by atoms with Crippen LogP contribution in [-0.4, -0.2) is 57.7 Å². The summed E-state index contributed by atoms with van der Waals surface area (Å²) in [5, 5.41) is 11.2. The van der Waals surface area contributed by atoms with Gasteiger partial charge in [-0.15, -0.1) is 0 Å². The number of nitro benzene ring substituents is 1.